The van der Waals surface area contributed by atoms with E-state index in [2.05, 4.69) is 20.9 Å². The Hall–Kier alpha value is -4.93. The minimum atomic E-state index is -1.06. The molecule has 0 radical (unpaired) electrons. The van der Waals surface area contributed by atoms with Crippen molar-refractivity contribution in [1.29, 1.82) is 0 Å². The van der Waals surface area contributed by atoms with Crippen LogP contribution in [0.15, 0.2) is 60.8 Å². The van der Waals surface area contributed by atoms with Crippen molar-refractivity contribution in [2.45, 2.75) is 32.7 Å². The smallest absolute Gasteiger partial charge is 0.323 e. The van der Waals surface area contributed by atoms with Crippen molar-refractivity contribution in [1.82, 2.24) is 10.3 Å². The van der Waals surface area contributed by atoms with Gasteiger partial charge in [-0.15, -0.1) is 0 Å². The summed E-state index contributed by atoms with van der Waals surface area (Å²) in [6.45, 7) is 3.20. The molecule has 2 aromatic carbocycles. The van der Waals surface area contributed by atoms with Crippen molar-refractivity contribution in [2.75, 3.05) is 29.7 Å². The molecule has 0 aliphatic carbocycles. The number of aromatic nitrogens is 1. The number of pyridine rings is 1. The minimum Gasteiger partial charge on any atom is -0.495 e. The highest BCUT2D eigenvalue weighted by Crippen LogP contribution is 2.27. The Morgan fingerprint density at radius 3 is 2.36 bits per heavy atom. The van der Waals surface area contributed by atoms with E-state index >= 15 is 0 Å². The van der Waals surface area contributed by atoms with Crippen LogP contribution in [0.3, 0.4) is 0 Å². The van der Waals surface area contributed by atoms with Crippen LogP contribution in [0.1, 0.15) is 36.1 Å². The van der Waals surface area contributed by atoms with E-state index in [4.69, 9.17) is 9.84 Å². The highest BCUT2D eigenvalue weighted by atomic mass is 16.5. The number of para-hydroxylation sites is 1. The zero-order valence-electron chi connectivity index (χ0n) is 22.1. The van der Waals surface area contributed by atoms with E-state index in [1.54, 1.807) is 43.4 Å². The number of carbonyl (C=O) groups is 4. The normalized spacial score (nSPS) is 11.2. The molecule has 39 heavy (non-hydrogen) atoms. The van der Waals surface area contributed by atoms with Gasteiger partial charge < -0.3 is 25.8 Å². The lowest BCUT2D eigenvalue weighted by Crippen LogP contribution is -2.30. The molecular weight excluding hydrogens is 502 g/mol. The number of likely N-dealkylation sites (N-methyl/N-ethyl adjacent to an activating group) is 1. The molecule has 3 rings (SSSR count). The van der Waals surface area contributed by atoms with Gasteiger partial charge in [0.05, 0.1) is 31.7 Å². The average Bonchev–Trinajstić information content (AvgIpc) is 2.89. The predicted molar refractivity (Wildman–Crippen MR) is 147 cm³/mol. The molecule has 0 bridgehead atoms. The topological polar surface area (TPSA) is 150 Å². The summed E-state index contributed by atoms with van der Waals surface area (Å²) in [5.41, 5.74) is 3.23. The van der Waals surface area contributed by atoms with Crippen molar-refractivity contribution >= 4 is 41.0 Å². The third-order valence-electron chi connectivity index (χ3n) is 5.91. The number of hydrogen-bond donors (Lipinski definition) is 4. The Morgan fingerprint density at radius 2 is 1.74 bits per heavy atom. The fourth-order valence-corrected chi connectivity index (χ4v) is 3.83. The van der Waals surface area contributed by atoms with Gasteiger partial charge in [0.2, 0.25) is 11.8 Å². The van der Waals surface area contributed by atoms with Gasteiger partial charge >= 0.3 is 12.0 Å². The lowest BCUT2D eigenvalue weighted by molar-refractivity contribution is -0.137. The molecule has 0 spiro atoms. The highest BCUT2D eigenvalue weighted by Gasteiger charge is 2.19. The summed E-state index contributed by atoms with van der Waals surface area (Å²) in [7, 11) is 3.05. The van der Waals surface area contributed by atoms with Crippen LogP contribution in [0, 0.1) is 6.92 Å². The van der Waals surface area contributed by atoms with Gasteiger partial charge in [0.25, 0.3) is 0 Å². The van der Waals surface area contributed by atoms with Gasteiger partial charge in [-0.05, 0) is 47.9 Å². The average molecular weight is 534 g/mol. The molecular formula is C28H31N5O6. The van der Waals surface area contributed by atoms with E-state index in [9.17, 15) is 19.2 Å². The van der Waals surface area contributed by atoms with Gasteiger partial charge in [0.1, 0.15) is 11.6 Å². The highest BCUT2D eigenvalue weighted by molar-refractivity contribution is 6.01. The summed E-state index contributed by atoms with van der Waals surface area (Å²) in [5.74, 6) is -0.916. The van der Waals surface area contributed by atoms with Crippen molar-refractivity contribution in [2.24, 2.45) is 0 Å². The number of nitrogens with zero attached hydrogens (tertiary/aromatic N) is 2. The predicted octanol–water partition coefficient (Wildman–Crippen LogP) is 3.90. The monoisotopic (exact) mass is 533 g/mol. The first kappa shape index (κ1) is 28.6. The number of amides is 4. The summed E-state index contributed by atoms with van der Waals surface area (Å²) >= 11 is 0. The van der Waals surface area contributed by atoms with E-state index in [-0.39, 0.29) is 24.7 Å². The number of carboxylic acids is 1. The first-order chi connectivity index (χ1) is 18.6. The Morgan fingerprint density at radius 1 is 1.03 bits per heavy atom. The fourth-order valence-electron chi connectivity index (χ4n) is 3.83. The molecule has 0 saturated heterocycles. The van der Waals surface area contributed by atoms with Gasteiger partial charge in [-0.1, -0.05) is 30.3 Å². The Labute approximate surface area is 226 Å². The summed E-state index contributed by atoms with van der Waals surface area (Å²) in [4.78, 5) is 53.7. The molecule has 1 heterocycles. The molecule has 1 unspecified atom stereocenters. The number of carboxylic acid groups (broad SMARTS) is 1. The quantitative estimate of drug-likeness (QED) is 0.309. The molecule has 11 nitrogen and oxygen atoms in total. The second kappa shape index (κ2) is 13.0. The van der Waals surface area contributed by atoms with E-state index < -0.39 is 18.0 Å². The van der Waals surface area contributed by atoms with Crippen molar-refractivity contribution in [3.8, 4) is 5.75 Å². The number of ether oxygens (including phenoxy) is 1. The summed E-state index contributed by atoms with van der Waals surface area (Å²) in [6.07, 6.45) is 1.18. The molecule has 4 amide bonds. The zero-order chi connectivity index (χ0) is 28.5. The Bertz CT molecular complexity index is 1340. The molecule has 0 aliphatic heterocycles. The number of hydrogen-bond acceptors (Lipinski definition) is 6. The lowest BCUT2D eigenvalue weighted by Gasteiger charge is -2.19. The minimum absolute atomic E-state index is 0.0412. The molecule has 11 heteroatoms. The summed E-state index contributed by atoms with van der Waals surface area (Å²) in [6, 6.07) is 14.5. The van der Waals surface area contributed by atoms with E-state index in [0.29, 0.717) is 34.1 Å². The molecule has 4 N–H and O–H groups in total. The van der Waals surface area contributed by atoms with Crippen LogP contribution >= 0.6 is 0 Å². The van der Waals surface area contributed by atoms with Gasteiger partial charge in [-0.3, -0.25) is 19.3 Å². The van der Waals surface area contributed by atoms with Gasteiger partial charge in [0, 0.05) is 25.9 Å². The maximum absolute atomic E-state index is 13.0. The van der Waals surface area contributed by atoms with Crippen LogP contribution in [0.4, 0.5) is 22.0 Å². The molecule has 0 saturated carbocycles. The van der Waals surface area contributed by atoms with E-state index in [1.165, 1.54) is 25.1 Å². The number of urea groups is 1. The second-order valence-corrected chi connectivity index (χ2v) is 8.86. The van der Waals surface area contributed by atoms with Crippen LogP contribution in [-0.4, -0.2) is 48.1 Å². The third kappa shape index (κ3) is 8.03. The number of rotatable bonds is 10. The number of methoxy groups -OCH3 is 1. The second-order valence-electron chi connectivity index (χ2n) is 8.86. The largest absolute Gasteiger partial charge is 0.495 e. The number of aliphatic carboxylic acids is 1. The number of carbonyl (C=O) groups excluding carboxylic acids is 3. The Balaban J connectivity index is 1.66. The number of anilines is 3. The van der Waals surface area contributed by atoms with Crippen LogP contribution in [0.25, 0.3) is 0 Å². The summed E-state index contributed by atoms with van der Waals surface area (Å²) in [5, 5.41) is 17.3. The lowest BCUT2D eigenvalue weighted by atomic mass is 10.1. The van der Waals surface area contributed by atoms with Crippen molar-refractivity contribution in [3.63, 3.8) is 0 Å². The Kier molecular flexibility index (Phi) is 9.58. The van der Waals surface area contributed by atoms with Crippen LogP contribution in [0.5, 0.6) is 5.75 Å². The van der Waals surface area contributed by atoms with Crippen LogP contribution in [-0.2, 0) is 20.8 Å². The number of nitrogens with one attached hydrogen (secondary N) is 3. The third-order valence-corrected chi connectivity index (χ3v) is 5.91. The SMILES string of the molecule is COc1cc(CC(=O)N(C)c2ccc(C(CC(=O)O)NC(C)=O)cn2)ccc1NC(=O)Nc1ccccc1C. The molecule has 3 aromatic rings. The van der Waals surface area contributed by atoms with Crippen molar-refractivity contribution in [3.05, 3.63) is 77.5 Å². The standard InChI is InChI=1S/C28H31N5O6/c1-17-7-5-6-8-21(17)31-28(38)32-22-11-9-19(13-24(22)39-4)14-26(35)33(3)25-12-10-20(16-29-25)23(15-27(36)37)30-18(2)34/h5-13,16,23H,14-15H2,1-4H3,(H,30,34)(H,36,37)(H2,31,32,38). The van der Waals surface area contributed by atoms with Crippen LogP contribution in [0.2, 0.25) is 0 Å². The van der Waals surface area contributed by atoms with Gasteiger partial charge in [-0.2, -0.15) is 0 Å². The molecule has 0 aliphatic rings. The molecule has 0 fully saturated rings. The maximum atomic E-state index is 13.0. The number of benzene rings is 2. The zero-order valence-corrected chi connectivity index (χ0v) is 22.1. The van der Waals surface area contributed by atoms with Crippen molar-refractivity contribution < 1.29 is 29.0 Å². The number of aryl methyl sites for hydroxylation is 1. The van der Waals surface area contributed by atoms with E-state index in [1.807, 2.05) is 25.1 Å². The first-order valence-corrected chi connectivity index (χ1v) is 12.1. The first-order valence-electron chi connectivity index (χ1n) is 12.1. The van der Waals surface area contributed by atoms with Crippen LogP contribution < -0.4 is 25.6 Å². The fraction of sp³-hybridized carbons (Fsp3) is 0.250. The molecule has 204 valence electrons. The molecule has 1 atom stereocenters. The molecule has 1 aromatic heterocycles. The summed E-state index contributed by atoms with van der Waals surface area (Å²) < 4.78 is 5.43. The maximum Gasteiger partial charge on any atom is 0.323 e. The van der Waals surface area contributed by atoms with Gasteiger partial charge in [-0.25, -0.2) is 9.78 Å². The van der Waals surface area contributed by atoms with Gasteiger partial charge in [0.15, 0.2) is 0 Å². The van der Waals surface area contributed by atoms with E-state index in [0.717, 1.165) is 5.56 Å².